The van der Waals surface area contributed by atoms with Gasteiger partial charge in [0, 0.05) is 6.07 Å². The van der Waals surface area contributed by atoms with Crippen molar-refractivity contribution in [3.8, 4) is 5.88 Å². The highest BCUT2D eigenvalue weighted by atomic mass is 16.5. The molecule has 0 spiro atoms. The molecule has 1 heterocycles. The van der Waals surface area contributed by atoms with Crippen molar-refractivity contribution in [3.05, 3.63) is 6.07 Å². The van der Waals surface area contributed by atoms with Crippen molar-refractivity contribution in [2.45, 2.75) is 25.7 Å². The zero-order valence-corrected chi connectivity index (χ0v) is 8.65. The van der Waals surface area contributed by atoms with Gasteiger partial charge in [-0.1, -0.05) is 12.8 Å². The molecular formula is C10H16N4O. The first-order chi connectivity index (χ1) is 7.24. The van der Waals surface area contributed by atoms with Crippen LogP contribution in [0.25, 0.3) is 0 Å². The maximum atomic E-state index is 5.54. The van der Waals surface area contributed by atoms with Crippen molar-refractivity contribution in [3.63, 3.8) is 0 Å². The van der Waals surface area contributed by atoms with E-state index in [1.807, 2.05) is 0 Å². The molecule has 4 N–H and O–H groups in total. The number of rotatable bonds is 3. The third kappa shape index (κ3) is 2.71. The molecule has 15 heavy (non-hydrogen) atoms. The normalized spacial score (nSPS) is 16.8. The lowest BCUT2D eigenvalue weighted by molar-refractivity contribution is 0.243. The quantitative estimate of drug-likeness (QED) is 0.779. The highest BCUT2D eigenvalue weighted by Crippen LogP contribution is 2.25. The smallest absolute Gasteiger partial charge is 0.225 e. The molecule has 5 heteroatoms. The Balaban J connectivity index is 1.92. The third-order valence-corrected chi connectivity index (χ3v) is 2.68. The fourth-order valence-electron chi connectivity index (χ4n) is 1.92. The van der Waals surface area contributed by atoms with E-state index < -0.39 is 0 Å². The van der Waals surface area contributed by atoms with E-state index >= 15 is 0 Å². The molecule has 5 nitrogen and oxygen atoms in total. The Hall–Kier alpha value is -1.52. The molecule has 1 aliphatic carbocycles. The molecule has 0 bridgehead atoms. The van der Waals surface area contributed by atoms with E-state index in [-0.39, 0.29) is 5.95 Å². The fraction of sp³-hybridized carbons (Fsp3) is 0.600. The Morgan fingerprint density at radius 1 is 1.27 bits per heavy atom. The molecule has 0 amide bonds. The average molecular weight is 208 g/mol. The van der Waals surface area contributed by atoms with Crippen LogP contribution in [0.5, 0.6) is 5.88 Å². The van der Waals surface area contributed by atoms with Crippen molar-refractivity contribution >= 4 is 11.8 Å². The zero-order valence-electron chi connectivity index (χ0n) is 8.65. The van der Waals surface area contributed by atoms with Crippen LogP contribution < -0.4 is 16.2 Å². The van der Waals surface area contributed by atoms with Crippen LogP contribution in [0.3, 0.4) is 0 Å². The van der Waals surface area contributed by atoms with E-state index in [1.54, 1.807) is 6.07 Å². The summed E-state index contributed by atoms with van der Waals surface area (Å²) < 4.78 is 5.54. The second-order valence-corrected chi connectivity index (χ2v) is 3.95. The minimum atomic E-state index is 0.163. The Labute approximate surface area is 88.8 Å². The summed E-state index contributed by atoms with van der Waals surface area (Å²) in [6.07, 6.45) is 5.11. The molecule has 0 saturated heterocycles. The van der Waals surface area contributed by atoms with Crippen molar-refractivity contribution in [1.82, 2.24) is 9.97 Å². The number of ether oxygens (including phenoxy) is 1. The molecule has 82 valence electrons. The number of nitrogen functional groups attached to an aromatic ring is 2. The molecule has 0 aromatic carbocycles. The predicted molar refractivity (Wildman–Crippen MR) is 58.3 cm³/mol. The molecule has 2 rings (SSSR count). The molecular weight excluding hydrogens is 192 g/mol. The molecule has 1 aliphatic rings. The van der Waals surface area contributed by atoms with Crippen molar-refractivity contribution in [2.75, 3.05) is 18.1 Å². The lowest BCUT2D eigenvalue weighted by Crippen LogP contribution is -2.10. The van der Waals surface area contributed by atoms with E-state index in [2.05, 4.69) is 9.97 Å². The van der Waals surface area contributed by atoms with Gasteiger partial charge in [-0.05, 0) is 18.8 Å². The Morgan fingerprint density at radius 2 is 2.00 bits per heavy atom. The zero-order chi connectivity index (χ0) is 10.7. The van der Waals surface area contributed by atoms with Gasteiger partial charge in [0.15, 0.2) is 0 Å². The minimum absolute atomic E-state index is 0.163. The largest absolute Gasteiger partial charge is 0.477 e. The molecule has 0 unspecified atom stereocenters. The van der Waals surface area contributed by atoms with Gasteiger partial charge >= 0.3 is 0 Å². The van der Waals surface area contributed by atoms with Crippen LogP contribution in [-0.2, 0) is 0 Å². The van der Waals surface area contributed by atoms with Gasteiger partial charge in [-0.2, -0.15) is 9.97 Å². The first-order valence-corrected chi connectivity index (χ1v) is 5.27. The summed E-state index contributed by atoms with van der Waals surface area (Å²) in [5.74, 6) is 1.65. The molecule has 0 radical (unpaired) electrons. The van der Waals surface area contributed by atoms with Gasteiger partial charge in [-0.25, -0.2) is 0 Å². The van der Waals surface area contributed by atoms with Crippen LogP contribution in [0, 0.1) is 5.92 Å². The van der Waals surface area contributed by atoms with Gasteiger partial charge in [0.2, 0.25) is 11.8 Å². The van der Waals surface area contributed by atoms with E-state index in [0.29, 0.717) is 24.2 Å². The molecule has 1 aromatic heterocycles. The summed E-state index contributed by atoms with van der Waals surface area (Å²) >= 11 is 0. The maximum Gasteiger partial charge on any atom is 0.225 e. The highest BCUT2D eigenvalue weighted by Gasteiger charge is 2.15. The number of hydrogen-bond acceptors (Lipinski definition) is 5. The second-order valence-electron chi connectivity index (χ2n) is 3.95. The summed E-state index contributed by atoms with van der Waals surface area (Å²) in [4.78, 5) is 7.74. The van der Waals surface area contributed by atoms with Gasteiger partial charge in [0.05, 0.1) is 6.61 Å². The van der Waals surface area contributed by atoms with E-state index in [0.717, 1.165) is 0 Å². The Morgan fingerprint density at radius 3 is 2.67 bits per heavy atom. The number of aromatic nitrogens is 2. The molecule has 1 fully saturated rings. The standard InChI is InChI=1S/C10H16N4O/c11-8-5-9(14-10(12)13-8)15-6-7-3-1-2-4-7/h5,7H,1-4,6H2,(H4,11,12,13,14). The number of nitrogens with zero attached hydrogens (tertiary/aromatic N) is 2. The van der Waals surface area contributed by atoms with Crippen molar-refractivity contribution < 1.29 is 4.74 Å². The first-order valence-electron chi connectivity index (χ1n) is 5.27. The number of anilines is 2. The summed E-state index contributed by atoms with van der Waals surface area (Å²) in [6, 6.07) is 1.60. The molecule has 1 aromatic rings. The monoisotopic (exact) mass is 208 g/mol. The van der Waals surface area contributed by atoms with E-state index in [4.69, 9.17) is 16.2 Å². The summed E-state index contributed by atoms with van der Waals surface area (Å²) in [6.45, 7) is 0.704. The molecule has 0 atom stereocenters. The Kier molecular flexibility index (Phi) is 2.89. The van der Waals surface area contributed by atoms with Gasteiger partial charge in [0.25, 0.3) is 0 Å². The molecule has 1 saturated carbocycles. The first kappa shape index (κ1) is 10.0. The average Bonchev–Trinajstić information content (AvgIpc) is 2.65. The van der Waals surface area contributed by atoms with Gasteiger partial charge < -0.3 is 16.2 Å². The van der Waals surface area contributed by atoms with Crippen molar-refractivity contribution in [1.29, 1.82) is 0 Å². The number of nitrogens with two attached hydrogens (primary N) is 2. The molecule has 0 aliphatic heterocycles. The summed E-state index contributed by atoms with van der Waals surface area (Å²) in [5, 5.41) is 0. The van der Waals surface area contributed by atoms with Gasteiger partial charge in [-0.15, -0.1) is 0 Å². The van der Waals surface area contributed by atoms with Gasteiger partial charge in [0.1, 0.15) is 5.82 Å². The summed E-state index contributed by atoms with van der Waals surface area (Å²) in [5.41, 5.74) is 11.0. The Bertz CT molecular complexity index is 316. The maximum absolute atomic E-state index is 5.54. The lowest BCUT2D eigenvalue weighted by Gasteiger charge is -2.10. The van der Waals surface area contributed by atoms with Crippen LogP contribution in [-0.4, -0.2) is 16.6 Å². The predicted octanol–water partition coefficient (Wildman–Crippen LogP) is 1.21. The van der Waals surface area contributed by atoms with Crippen LogP contribution in [0.15, 0.2) is 6.07 Å². The van der Waals surface area contributed by atoms with Crippen LogP contribution >= 0.6 is 0 Å². The second kappa shape index (κ2) is 4.33. The van der Waals surface area contributed by atoms with Gasteiger partial charge in [-0.3, -0.25) is 0 Å². The van der Waals surface area contributed by atoms with Crippen LogP contribution in [0.1, 0.15) is 25.7 Å². The third-order valence-electron chi connectivity index (χ3n) is 2.68. The summed E-state index contributed by atoms with van der Waals surface area (Å²) in [7, 11) is 0. The minimum Gasteiger partial charge on any atom is -0.477 e. The number of hydrogen-bond donors (Lipinski definition) is 2. The highest BCUT2D eigenvalue weighted by molar-refractivity contribution is 5.38. The fourth-order valence-corrected chi connectivity index (χ4v) is 1.92. The van der Waals surface area contributed by atoms with E-state index in [9.17, 15) is 0 Å². The van der Waals surface area contributed by atoms with Crippen LogP contribution in [0.2, 0.25) is 0 Å². The SMILES string of the molecule is Nc1cc(OCC2CCCC2)nc(N)n1. The van der Waals surface area contributed by atoms with E-state index in [1.165, 1.54) is 25.7 Å². The van der Waals surface area contributed by atoms with Crippen LogP contribution in [0.4, 0.5) is 11.8 Å². The topological polar surface area (TPSA) is 87.0 Å². The van der Waals surface area contributed by atoms with Crippen molar-refractivity contribution in [2.24, 2.45) is 5.92 Å². The lowest BCUT2D eigenvalue weighted by atomic mass is 10.1.